The predicted molar refractivity (Wildman–Crippen MR) is 148 cm³/mol. The second kappa shape index (κ2) is 13.0. The lowest BCUT2D eigenvalue weighted by Gasteiger charge is -2.16. The standard InChI is InChI=1S/C30H24INO6/c1-20-24(28(33)36-17-21-11-5-2-6-12-21)25(29(34)37-18-22-13-7-3-8-14-22)26(32-27(20)31)30(35)38-19-23-15-9-4-10-16-23/h2-16H,17-19H2,1H3. The number of pyridine rings is 1. The molecule has 3 aromatic carbocycles. The minimum absolute atomic E-state index is 0.00962. The summed E-state index contributed by atoms with van der Waals surface area (Å²) in [6.45, 7) is 1.55. The minimum Gasteiger partial charge on any atom is -0.457 e. The van der Waals surface area contributed by atoms with Crippen LogP contribution < -0.4 is 0 Å². The molecule has 192 valence electrons. The molecule has 1 heterocycles. The highest BCUT2D eigenvalue weighted by molar-refractivity contribution is 14.1. The van der Waals surface area contributed by atoms with Crippen molar-refractivity contribution >= 4 is 40.5 Å². The molecule has 1 aromatic heterocycles. The van der Waals surface area contributed by atoms with E-state index in [-0.39, 0.29) is 36.6 Å². The molecule has 7 nitrogen and oxygen atoms in total. The minimum atomic E-state index is -0.876. The third kappa shape index (κ3) is 6.83. The first-order valence-corrected chi connectivity index (χ1v) is 12.8. The van der Waals surface area contributed by atoms with Crippen LogP contribution in [0, 0.1) is 10.6 Å². The van der Waals surface area contributed by atoms with Crippen LogP contribution in [0.1, 0.15) is 53.5 Å². The molecule has 4 rings (SSSR count). The Bertz CT molecular complexity index is 1430. The van der Waals surface area contributed by atoms with Crippen LogP contribution in [0.2, 0.25) is 0 Å². The number of carbonyl (C=O) groups is 3. The zero-order valence-electron chi connectivity index (χ0n) is 20.6. The van der Waals surface area contributed by atoms with E-state index in [1.165, 1.54) is 0 Å². The molecule has 0 saturated heterocycles. The molecule has 0 saturated carbocycles. The highest BCUT2D eigenvalue weighted by Crippen LogP contribution is 2.26. The molecule has 0 N–H and O–H groups in total. The maximum absolute atomic E-state index is 13.4. The molecule has 0 aliphatic heterocycles. The first-order valence-electron chi connectivity index (χ1n) is 11.8. The van der Waals surface area contributed by atoms with Gasteiger partial charge in [0.1, 0.15) is 29.1 Å². The van der Waals surface area contributed by atoms with Crippen LogP contribution >= 0.6 is 22.6 Å². The lowest BCUT2D eigenvalue weighted by Crippen LogP contribution is -2.23. The van der Waals surface area contributed by atoms with Crippen LogP contribution in [-0.4, -0.2) is 22.9 Å². The molecule has 0 aliphatic rings. The number of halogens is 1. The van der Waals surface area contributed by atoms with Gasteiger partial charge in [-0.3, -0.25) is 0 Å². The lowest BCUT2D eigenvalue weighted by molar-refractivity contribution is 0.0399. The van der Waals surface area contributed by atoms with Gasteiger partial charge in [0.05, 0.1) is 5.56 Å². The Morgan fingerprint density at radius 1 is 0.605 bits per heavy atom. The van der Waals surface area contributed by atoms with Crippen molar-refractivity contribution < 1.29 is 28.6 Å². The summed E-state index contributed by atoms with van der Waals surface area (Å²) in [7, 11) is 0. The van der Waals surface area contributed by atoms with Crippen LogP contribution in [0.15, 0.2) is 91.0 Å². The maximum atomic E-state index is 13.4. The van der Waals surface area contributed by atoms with E-state index in [0.29, 0.717) is 9.26 Å². The van der Waals surface area contributed by atoms with E-state index >= 15 is 0 Å². The highest BCUT2D eigenvalue weighted by atomic mass is 127. The summed E-state index contributed by atoms with van der Waals surface area (Å²) in [6.07, 6.45) is 0. The van der Waals surface area contributed by atoms with Gasteiger partial charge in [-0.05, 0) is 51.8 Å². The quantitative estimate of drug-likeness (QED) is 0.0971. The van der Waals surface area contributed by atoms with Crippen molar-refractivity contribution in [3.05, 3.63) is 134 Å². The SMILES string of the molecule is Cc1c(I)nc(C(=O)OCc2ccccc2)c(C(=O)OCc2ccccc2)c1C(=O)OCc1ccccc1. The molecule has 0 spiro atoms. The fraction of sp³-hybridized carbons (Fsp3) is 0.133. The second-order valence-corrected chi connectivity index (χ2v) is 9.33. The number of rotatable bonds is 9. The van der Waals surface area contributed by atoms with E-state index < -0.39 is 17.9 Å². The molecule has 8 heteroatoms. The first kappa shape index (κ1) is 27.0. The zero-order chi connectivity index (χ0) is 26.9. The Labute approximate surface area is 233 Å². The molecule has 0 radical (unpaired) electrons. The second-order valence-electron chi connectivity index (χ2n) is 8.31. The average molecular weight is 621 g/mol. The van der Waals surface area contributed by atoms with Gasteiger partial charge < -0.3 is 14.2 Å². The van der Waals surface area contributed by atoms with Gasteiger partial charge in [-0.15, -0.1) is 0 Å². The monoisotopic (exact) mass is 621 g/mol. The molecule has 0 fully saturated rings. The van der Waals surface area contributed by atoms with Crippen molar-refractivity contribution in [2.75, 3.05) is 0 Å². The average Bonchev–Trinajstić information content (AvgIpc) is 2.96. The first-order chi connectivity index (χ1) is 18.4. The molecule has 0 atom stereocenters. The van der Waals surface area contributed by atoms with E-state index in [0.717, 1.165) is 16.7 Å². The fourth-order valence-corrected chi connectivity index (χ4v) is 4.14. The van der Waals surface area contributed by atoms with Gasteiger partial charge in [0.25, 0.3) is 0 Å². The molecule has 0 aliphatic carbocycles. The van der Waals surface area contributed by atoms with Crippen molar-refractivity contribution in [2.45, 2.75) is 26.7 Å². The number of nitrogens with zero attached hydrogens (tertiary/aromatic N) is 1. The van der Waals surface area contributed by atoms with E-state index in [9.17, 15) is 14.4 Å². The van der Waals surface area contributed by atoms with Gasteiger partial charge >= 0.3 is 17.9 Å². The van der Waals surface area contributed by atoms with Gasteiger partial charge in [0.2, 0.25) is 0 Å². The van der Waals surface area contributed by atoms with Gasteiger partial charge in [-0.1, -0.05) is 91.0 Å². The third-order valence-electron chi connectivity index (χ3n) is 5.62. The van der Waals surface area contributed by atoms with Crippen molar-refractivity contribution in [1.82, 2.24) is 4.98 Å². The van der Waals surface area contributed by atoms with E-state index in [2.05, 4.69) is 4.98 Å². The zero-order valence-corrected chi connectivity index (χ0v) is 22.7. The number of esters is 3. The largest absolute Gasteiger partial charge is 0.457 e. The summed E-state index contributed by atoms with van der Waals surface area (Å²) in [5.74, 6) is -2.50. The summed E-state index contributed by atoms with van der Waals surface area (Å²) >= 11 is 1.91. The Hall–Kier alpha value is -4.05. The van der Waals surface area contributed by atoms with Crippen LogP contribution in [0.3, 0.4) is 0 Å². The van der Waals surface area contributed by atoms with E-state index in [1.54, 1.807) is 31.2 Å². The van der Waals surface area contributed by atoms with E-state index in [4.69, 9.17) is 14.2 Å². The molecule has 4 aromatic rings. The fourth-order valence-electron chi connectivity index (χ4n) is 3.63. The van der Waals surface area contributed by atoms with Crippen LogP contribution in [0.4, 0.5) is 0 Å². The van der Waals surface area contributed by atoms with Crippen molar-refractivity contribution in [1.29, 1.82) is 0 Å². The summed E-state index contributed by atoms with van der Waals surface area (Å²) in [5.41, 5.74) is 2.02. The topological polar surface area (TPSA) is 91.8 Å². The maximum Gasteiger partial charge on any atom is 0.358 e. The molecule has 0 unspecified atom stereocenters. The van der Waals surface area contributed by atoms with Crippen molar-refractivity contribution in [2.24, 2.45) is 0 Å². The van der Waals surface area contributed by atoms with Gasteiger partial charge in [0.15, 0.2) is 5.69 Å². The number of benzene rings is 3. The van der Waals surface area contributed by atoms with Crippen molar-refractivity contribution in [3.63, 3.8) is 0 Å². The van der Waals surface area contributed by atoms with Crippen LogP contribution in [0.5, 0.6) is 0 Å². The van der Waals surface area contributed by atoms with Crippen LogP contribution in [0.25, 0.3) is 0 Å². The normalized spacial score (nSPS) is 10.5. The summed E-state index contributed by atoms with van der Waals surface area (Å²) in [5, 5.41) is 0. The number of hydrogen-bond acceptors (Lipinski definition) is 7. The van der Waals surface area contributed by atoms with E-state index in [1.807, 2.05) is 89.3 Å². The van der Waals surface area contributed by atoms with Gasteiger partial charge in [-0.25, -0.2) is 19.4 Å². The summed E-state index contributed by atoms with van der Waals surface area (Å²) in [6, 6.07) is 27.3. The molecular formula is C30H24INO6. The predicted octanol–water partition coefficient (Wildman–Crippen LogP) is 6.07. The van der Waals surface area contributed by atoms with Crippen molar-refractivity contribution in [3.8, 4) is 0 Å². The third-order valence-corrected chi connectivity index (χ3v) is 6.67. The molecule has 38 heavy (non-hydrogen) atoms. The van der Waals surface area contributed by atoms with Gasteiger partial charge in [-0.2, -0.15) is 0 Å². The number of ether oxygens (including phenoxy) is 3. The number of hydrogen-bond donors (Lipinski definition) is 0. The summed E-state index contributed by atoms with van der Waals surface area (Å²) < 4.78 is 16.9. The Morgan fingerprint density at radius 2 is 0.974 bits per heavy atom. The Morgan fingerprint density at radius 3 is 1.39 bits per heavy atom. The Balaban J connectivity index is 1.67. The Kier molecular flexibility index (Phi) is 9.21. The number of aromatic nitrogens is 1. The smallest absolute Gasteiger partial charge is 0.358 e. The number of carbonyl (C=O) groups excluding carboxylic acids is 3. The highest BCUT2D eigenvalue weighted by Gasteiger charge is 2.32. The molecular weight excluding hydrogens is 597 g/mol. The van der Waals surface area contributed by atoms with Gasteiger partial charge in [0, 0.05) is 0 Å². The molecule has 0 amide bonds. The molecule has 0 bridgehead atoms. The van der Waals surface area contributed by atoms with Crippen LogP contribution in [-0.2, 0) is 34.0 Å². The summed E-state index contributed by atoms with van der Waals surface area (Å²) in [4.78, 5) is 44.2. The lowest BCUT2D eigenvalue weighted by atomic mass is 10.0.